The molecule has 0 radical (unpaired) electrons. The lowest BCUT2D eigenvalue weighted by molar-refractivity contribution is 0.0398. The molecular formula is C20H31N7O2. The largest absolute Gasteiger partial charge is 0.392 e. The van der Waals surface area contributed by atoms with Crippen molar-refractivity contribution >= 4 is 22.9 Å². The highest BCUT2D eigenvalue weighted by atomic mass is 16.6. The van der Waals surface area contributed by atoms with Gasteiger partial charge >= 0.3 is 0 Å². The number of aliphatic hydroxyl groups is 1. The van der Waals surface area contributed by atoms with E-state index in [1.54, 1.807) is 0 Å². The molecular weight excluding hydrogens is 370 g/mol. The summed E-state index contributed by atoms with van der Waals surface area (Å²) < 4.78 is 4.89. The van der Waals surface area contributed by atoms with Crippen LogP contribution in [0, 0.1) is 0 Å². The average molecular weight is 402 g/mol. The van der Waals surface area contributed by atoms with Crippen molar-refractivity contribution in [3.63, 3.8) is 0 Å². The summed E-state index contributed by atoms with van der Waals surface area (Å²) in [6.07, 6.45) is 8.99. The van der Waals surface area contributed by atoms with E-state index in [4.69, 9.17) is 14.6 Å². The molecule has 1 unspecified atom stereocenters. The predicted molar refractivity (Wildman–Crippen MR) is 110 cm³/mol. The van der Waals surface area contributed by atoms with Crippen LogP contribution in [0.3, 0.4) is 0 Å². The summed E-state index contributed by atoms with van der Waals surface area (Å²) in [5, 5.41) is 17.9. The van der Waals surface area contributed by atoms with Gasteiger partial charge in [0, 0.05) is 38.8 Å². The molecule has 2 aromatic heterocycles. The Labute approximate surface area is 171 Å². The molecule has 1 atom stereocenters. The topological polar surface area (TPSA) is 94.6 Å². The van der Waals surface area contributed by atoms with E-state index in [-0.39, 0.29) is 6.10 Å². The molecule has 9 heteroatoms. The molecule has 0 amide bonds. The Balaban J connectivity index is 1.36. The zero-order valence-corrected chi connectivity index (χ0v) is 17.0. The Hall–Kier alpha value is -2.00. The number of hydrogen-bond donors (Lipinski definition) is 1. The zero-order chi connectivity index (χ0) is 19.6. The van der Waals surface area contributed by atoms with Crippen molar-refractivity contribution in [3.8, 4) is 0 Å². The highest BCUT2D eigenvalue weighted by Gasteiger charge is 2.31. The van der Waals surface area contributed by atoms with Crippen LogP contribution in [0.2, 0.25) is 0 Å². The van der Waals surface area contributed by atoms with Gasteiger partial charge in [0.15, 0.2) is 11.6 Å². The van der Waals surface area contributed by atoms with Crippen LogP contribution in [0.4, 0.5) is 11.6 Å². The Morgan fingerprint density at radius 2 is 1.34 bits per heavy atom. The van der Waals surface area contributed by atoms with E-state index in [0.29, 0.717) is 17.3 Å². The summed E-state index contributed by atoms with van der Waals surface area (Å²) in [5.74, 6) is 1.86. The molecule has 3 aliphatic heterocycles. The van der Waals surface area contributed by atoms with Gasteiger partial charge in [-0.3, -0.25) is 4.90 Å². The first-order valence-corrected chi connectivity index (χ1v) is 11.2. The minimum Gasteiger partial charge on any atom is -0.392 e. The maximum Gasteiger partial charge on any atom is 0.245 e. The summed E-state index contributed by atoms with van der Waals surface area (Å²) in [4.78, 5) is 16.8. The number of likely N-dealkylation sites (tertiary alicyclic amines) is 1. The van der Waals surface area contributed by atoms with Gasteiger partial charge in [-0.15, -0.1) is 0 Å². The molecule has 29 heavy (non-hydrogen) atoms. The molecule has 0 spiro atoms. The van der Waals surface area contributed by atoms with Crippen LogP contribution >= 0.6 is 0 Å². The van der Waals surface area contributed by atoms with Crippen molar-refractivity contribution < 1.29 is 9.74 Å². The molecule has 9 nitrogen and oxygen atoms in total. The second-order valence-electron chi connectivity index (χ2n) is 8.69. The maximum absolute atomic E-state index is 10.0. The standard InChI is InChI=1S/C20H31N7O2/c28-16-6-5-11-27(14-16)15-7-12-26(13-8-15)20-19(25-9-3-1-2-4-10-25)21-17-18(22-20)24-29-23-17/h15-16,28H,1-14H2. The normalized spacial score (nSPS) is 25.5. The molecule has 2 aromatic rings. The van der Waals surface area contributed by atoms with E-state index in [1.165, 1.54) is 25.7 Å². The Morgan fingerprint density at radius 3 is 1.97 bits per heavy atom. The minimum absolute atomic E-state index is 0.163. The molecule has 5 heterocycles. The molecule has 0 aliphatic carbocycles. The van der Waals surface area contributed by atoms with Crippen LogP contribution in [0.15, 0.2) is 4.63 Å². The summed E-state index contributed by atoms with van der Waals surface area (Å²) >= 11 is 0. The lowest BCUT2D eigenvalue weighted by Crippen LogP contribution is -2.50. The third-order valence-electron chi connectivity index (χ3n) is 6.69. The first-order chi connectivity index (χ1) is 14.3. The average Bonchev–Trinajstić information content (AvgIpc) is 3.04. The fourth-order valence-corrected chi connectivity index (χ4v) is 5.09. The van der Waals surface area contributed by atoms with Gasteiger partial charge in [0.25, 0.3) is 0 Å². The number of anilines is 2. The van der Waals surface area contributed by atoms with Gasteiger partial charge in [0.2, 0.25) is 11.3 Å². The number of hydrogen-bond acceptors (Lipinski definition) is 9. The van der Waals surface area contributed by atoms with Crippen molar-refractivity contribution in [3.05, 3.63) is 0 Å². The third-order valence-corrected chi connectivity index (χ3v) is 6.69. The van der Waals surface area contributed by atoms with E-state index in [0.717, 1.165) is 76.6 Å². The highest BCUT2D eigenvalue weighted by molar-refractivity contribution is 5.74. The Kier molecular flexibility index (Phi) is 5.50. The summed E-state index contributed by atoms with van der Waals surface area (Å²) in [7, 11) is 0. The number of β-amino-alcohol motifs (C(OH)–C–C–N with tert-alkyl or cyclic N) is 1. The lowest BCUT2D eigenvalue weighted by Gasteiger charge is -2.42. The van der Waals surface area contributed by atoms with Crippen LogP contribution in [0.25, 0.3) is 11.3 Å². The number of rotatable bonds is 3. The Bertz CT molecular complexity index is 812. The minimum atomic E-state index is -0.163. The first kappa shape index (κ1) is 19.0. The van der Waals surface area contributed by atoms with Crippen LogP contribution in [-0.4, -0.2) is 81.7 Å². The molecule has 3 aliphatic rings. The van der Waals surface area contributed by atoms with Crippen molar-refractivity contribution in [1.29, 1.82) is 0 Å². The highest BCUT2D eigenvalue weighted by Crippen LogP contribution is 2.32. The molecule has 5 rings (SSSR count). The van der Waals surface area contributed by atoms with Crippen LogP contribution < -0.4 is 9.80 Å². The number of nitrogens with zero attached hydrogens (tertiary/aromatic N) is 7. The van der Waals surface area contributed by atoms with Gasteiger partial charge in [0.1, 0.15) is 0 Å². The Morgan fingerprint density at radius 1 is 0.724 bits per heavy atom. The molecule has 0 aromatic carbocycles. The van der Waals surface area contributed by atoms with Gasteiger partial charge in [0.05, 0.1) is 6.10 Å². The number of aromatic nitrogens is 4. The molecule has 3 saturated heterocycles. The van der Waals surface area contributed by atoms with Crippen molar-refractivity contribution in [1.82, 2.24) is 25.2 Å². The van der Waals surface area contributed by atoms with Gasteiger partial charge in [-0.1, -0.05) is 12.8 Å². The molecule has 1 N–H and O–H groups in total. The van der Waals surface area contributed by atoms with Gasteiger partial charge in [-0.05, 0) is 55.4 Å². The van der Waals surface area contributed by atoms with E-state index in [9.17, 15) is 5.11 Å². The summed E-state index contributed by atoms with van der Waals surface area (Å²) in [6, 6.07) is 0.549. The van der Waals surface area contributed by atoms with Crippen molar-refractivity contribution in [2.45, 2.75) is 63.5 Å². The van der Waals surface area contributed by atoms with E-state index in [1.807, 2.05) is 0 Å². The molecule has 0 saturated carbocycles. The summed E-state index contributed by atoms with van der Waals surface area (Å²) in [6.45, 7) is 5.85. The predicted octanol–water partition coefficient (Wildman–Crippen LogP) is 1.82. The fraction of sp³-hybridized carbons (Fsp3) is 0.800. The van der Waals surface area contributed by atoms with Crippen molar-refractivity contribution in [2.75, 3.05) is 49.1 Å². The SMILES string of the molecule is OC1CCCN(C2CCN(c3nc4nonc4nc3N3CCCCCC3)CC2)C1. The van der Waals surface area contributed by atoms with Gasteiger partial charge in [-0.25, -0.2) is 14.6 Å². The number of fused-ring (bicyclic) bond motifs is 1. The monoisotopic (exact) mass is 401 g/mol. The zero-order valence-electron chi connectivity index (χ0n) is 17.0. The van der Waals surface area contributed by atoms with Crippen LogP contribution in [0.5, 0.6) is 0 Å². The second kappa shape index (κ2) is 8.39. The molecule has 158 valence electrons. The van der Waals surface area contributed by atoms with E-state index in [2.05, 4.69) is 25.0 Å². The van der Waals surface area contributed by atoms with Crippen LogP contribution in [0.1, 0.15) is 51.4 Å². The molecule has 3 fully saturated rings. The lowest BCUT2D eigenvalue weighted by atomic mass is 9.99. The molecule has 0 bridgehead atoms. The van der Waals surface area contributed by atoms with E-state index < -0.39 is 0 Å². The van der Waals surface area contributed by atoms with Crippen molar-refractivity contribution in [2.24, 2.45) is 0 Å². The smallest absolute Gasteiger partial charge is 0.245 e. The number of piperidine rings is 2. The summed E-state index contributed by atoms with van der Waals surface area (Å²) in [5.41, 5.74) is 0.977. The quantitative estimate of drug-likeness (QED) is 0.826. The maximum atomic E-state index is 10.0. The third kappa shape index (κ3) is 4.02. The second-order valence-corrected chi connectivity index (χ2v) is 8.69. The van der Waals surface area contributed by atoms with Crippen LogP contribution in [-0.2, 0) is 0 Å². The van der Waals surface area contributed by atoms with Gasteiger partial charge < -0.3 is 14.9 Å². The number of aliphatic hydroxyl groups excluding tert-OH is 1. The first-order valence-electron chi connectivity index (χ1n) is 11.2. The fourth-order valence-electron chi connectivity index (χ4n) is 5.09. The van der Waals surface area contributed by atoms with E-state index >= 15 is 0 Å². The van der Waals surface area contributed by atoms with Gasteiger partial charge in [-0.2, -0.15) is 0 Å².